The van der Waals surface area contributed by atoms with Crippen molar-refractivity contribution in [2.24, 2.45) is 16.8 Å². The number of allylic oxidation sites excluding steroid dienone is 3. The summed E-state index contributed by atoms with van der Waals surface area (Å²) in [6.07, 6.45) is 8.52. The third-order valence-corrected chi connectivity index (χ3v) is 6.34. The van der Waals surface area contributed by atoms with Crippen LogP contribution in [-0.4, -0.2) is 37.1 Å². The van der Waals surface area contributed by atoms with E-state index < -0.39 is 5.92 Å². The molecule has 1 fully saturated rings. The molecule has 4 aliphatic rings. The maximum Gasteiger partial charge on any atom is 0.251 e. The molecule has 2 aliphatic carbocycles. The van der Waals surface area contributed by atoms with E-state index in [0.717, 1.165) is 30.5 Å². The quantitative estimate of drug-likeness (QED) is 0.819. The maximum absolute atomic E-state index is 12.8. The van der Waals surface area contributed by atoms with E-state index in [1.54, 1.807) is 24.2 Å². The van der Waals surface area contributed by atoms with Gasteiger partial charge in [-0.3, -0.25) is 14.4 Å². The van der Waals surface area contributed by atoms with Gasteiger partial charge in [0.05, 0.1) is 18.7 Å². The number of ether oxygens (including phenoxy) is 1. The zero-order chi connectivity index (χ0) is 21.5. The molecule has 0 saturated carbocycles. The van der Waals surface area contributed by atoms with Crippen molar-refractivity contribution in [3.63, 3.8) is 0 Å². The first-order chi connectivity index (χ1) is 15.0. The minimum atomic E-state index is -0.499. The lowest BCUT2D eigenvalue weighted by molar-refractivity contribution is -0.123. The number of benzene rings is 1. The molecule has 1 aromatic carbocycles. The summed E-state index contributed by atoms with van der Waals surface area (Å²) in [6.45, 7) is 0.289. The Morgan fingerprint density at radius 2 is 2.13 bits per heavy atom. The monoisotopic (exact) mass is 417 g/mol. The highest BCUT2D eigenvalue weighted by atomic mass is 16.5. The van der Waals surface area contributed by atoms with Crippen molar-refractivity contribution < 1.29 is 19.1 Å². The summed E-state index contributed by atoms with van der Waals surface area (Å²) >= 11 is 0. The lowest BCUT2D eigenvalue weighted by Crippen LogP contribution is -2.35. The molecular weight excluding hydrogens is 394 g/mol. The van der Waals surface area contributed by atoms with Crippen LogP contribution < -0.4 is 15.0 Å². The van der Waals surface area contributed by atoms with E-state index in [4.69, 9.17) is 4.74 Å². The van der Waals surface area contributed by atoms with Crippen LogP contribution in [-0.2, 0) is 14.4 Å². The fraction of sp³-hybridized carbons (Fsp3) is 0.333. The number of carbonyl (C=O) groups is 3. The zero-order valence-corrected chi connectivity index (χ0v) is 17.3. The third kappa shape index (κ3) is 3.50. The van der Waals surface area contributed by atoms with Crippen molar-refractivity contribution in [2.45, 2.75) is 25.7 Å². The molecular formula is C24H23N3O4. The highest BCUT2D eigenvalue weighted by molar-refractivity contribution is 6.13. The van der Waals surface area contributed by atoms with Gasteiger partial charge in [-0.15, -0.1) is 0 Å². The maximum atomic E-state index is 12.8. The predicted octanol–water partition coefficient (Wildman–Crippen LogP) is 2.70. The molecule has 2 unspecified atom stereocenters. The molecule has 1 aromatic rings. The van der Waals surface area contributed by atoms with Crippen LogP contribution in [0.25, 0.3) is 0 Å². The average Bonchev–Trinajstić information content (AvgIpc) is 3.41. The summed E-state index contributed by atoms with van der Waals surface area (Å²) in [5.74, 6) is -0.238. The third-order valence-electron chi connectivity index (χ3n) is 6.34. The molecule has 158 valence electrons. The number of nitrogens with one attached hydrogen (secondary N) is 1. The fourth-order valence-corrected chi connectivity index (χ4v) is 4.78. The van der Waals surface area contributed by atoms with E-state index in [1.165, 1.54) is 5.57 Å². The molecule has 0 aromatic heterocycles. The van der Waals surface area contributed by atoms with Gasteiger partial charge in [-0.1, -0.05) is 12.1 Å². The second-order valence-electron chi connectivity index (χ2n) is 8.23. The SMILES string of the molecule is COc1cccc(N2CC(C(=O)N=C3C=CC4C(=C3)NC(=O)C3=C4CCC3)CC2=O)c1. The number of carbonyl (C=O) groups excluding carboxylic acids is 3. The number of amides is 3. The Kier molecular flexibility index (Phi) is 4.81. The van der Waals surface area contributed by atoms with Crippen LogP contribution in [0, 0.1) is 11.8 Å². The summed E-state index contributed by atoms with van der Waals surface area (Å²) in [5, 5.41) is 2.96. The van der Waals surface area contributed by atoms with Gasteiger partial charge >= 0.3 is 0 Å². The zero-order valence-electron chi connectivity index (χ0n) is 17.3. The number of anilines is 1. The number of fused-ring (bicyclic) bond motifs is 2. The Labute approximate surface area is 180 Å². The van der Waals surface area contributed by atoms with Gasteiger partial charge in [0, 0.05) is 41.9 Å². The average molecular weight is 417 g/mol. The van der Waals surface area contributed by atoms with Gasteiger partial charge in [-0.2, -0.15) is 0 Å². The number of methoxy groups -OCH3 is 1. The molecule has 0 bridgehead atoms. The minimum Gasteiger partial charge on any atom is -0.497 e. The lowest BCUT2D eigenvalue weighted by atomic mass is 9.85. The first-order valence-electron chi connectivity index (χ1n) is 10.5. The van der Waals surface area contributed by atoms with Crippen molar-refractivity contribution in [3.8, 4) is 5.75 Å². The molecule has 0 spiro atoms. The summed E-state index contributed by atoms with van der Waals surface area (Å²) in [6, 6.07) is 7.23. The van der Waals surface area contributed by atoms with Crippen LogP contribution in [0.4, 0.5) is 5.69 Å². The van der Waals surface area contributed by atoms with E-state index in [9.17, 15) is 14.4 Å². The fourth-order valence-electron chi connectivity index (χ4n) is 4.78. The molecule has 1 N–H and O–H groups in total. The normalized spacial score (nSPS) is 26.0. The van der Waals surface area contributed by atoms with Crippen LogP contribution in [0.15, 0.2) is 64.3 Å². The van der Waals surface area contributed by atoms with Gasteiger partial charge in [0.15, 0.2) is 0 Å². The van der Waals surface area contributed by atoms with E-state index in [-0.39, 0.29) is 36.6 Å². The van der Waals surface area contributed by atoms with Gasteiger partial charge in [0.1, 0.15) is 5.75 Å². The molecule has 3 amide bonds. The van der Waals surface area contributed by atoms with Crippen LogP contribution >= 0.6 is 0 Å². The van der Waals surface area contributed by atoms with Crippen LogP contribution in [0.2, 0.25) is 0 Å². The second kappa shape index (κ2) is 7.65. The van der Waals surface area contributed by atoms with Gasteiger partial charge in [0.2, 0.25) is 5.91 Å². The Morgan fingerprint density at radius 3 is 2.97 bits per heavy atom. The lowest BCUT2D eigenvalue weighted by Gasteiger charge is -2.28. The van der Waals surface area contributed by atoms with E-state index in [2.05, 4.69) is 10.3 Å². The molecule has 7 heteroatoms. The summed E-state index contributed by atoms with van der Waals surface area (Å²) in [7, 11) is 1.57. The topological polar surface area (TPSA) is 88.1 Å². The van der Waals surface area contributed by atoms with Crippen LogP contribution in [0.5, 0.6) is 5.75 Å². The number of rotatable bonds is 3. The highest BCUT2D eigenvalue weighted by Gasteiger charge is 2.36. The Bertz CT molecular complexity index is 1110. The molecule has 2 heterocycles. The van der Waals surface area contributed by atoms with Gasteiger partial charge in [0.25, 0.3) is 11.8 Å². The van der Waals surface area contributed by atoms with E-state index >= 15 is 0 Å². The Morgan fingerprint density at radius 1 is 1.26 bits per heavy atom. The highest BCUT2D eigenvalue weighted by Crippen LogP contribution is 2.39. The first-order valence-corrected chi connectivity index (χ1v) is 10.5. The predicted molar refractivity (Wildman–Crippen MR) is 116 cm³/mol. The molecule has 2 aliphatic heterocycles. The largest absolute Gasteiger partial charge is 0.497 e. The van der Waals surface area contributed by atoms with Crippen LogP contribution in [0.3, 0.4) is 0 Å². The van der Waals surface area contributed by atoms with Gasteiger partial charge in [-0.05, 0) is 49.1 Å². The molecule has 2 atom stereocenters. The van der Waals surface area contributed by atoms with Crippen molar-refractivity contribution in [1.82, 2.24) is 5.32 Å². The Balaban J connectivity index is 1.32. The van der Waals surface area contributed by atoms with Crippen molar-refractivity contribution in [3.05, 3.63) is 59.3 Å². The number of hydrogen-bond donors (Lipinski definition) is 1. The summed E-state index contributed by atoms with van der Waals surface area (Å²) < 4.78 is 5.23. The minimum absolute atomic E-state index is 0.0358. The number of hydrogen-bond acceptors (Lipinski definition) is 4. The summed E-state index contributed by atoms with van der Waals surface area (Å²) in [4.78, 5) is 43.5. The summed E-state index contributed by atoms with van der Waals surface area (Å²) in [5.41, 5.74) is 4.09. The first kappa shape index (κ1) is 19.5. The second-order valence-corrected chi connectivity index (χ2v) is 8.23. The smallest absolute Gasteiger partial charge is 0.251 e. The van der Waals surface area contributed by atoms with Crippen LogP contribution in [0.1, 0.15) is 25.7 Å². The van der Waals surface area contributed by atoms with E-state index in [1.807, 2.05) is 30.4 Å². The van der Waals surface area contributed by atoms with Crippen molar-refractivity contribution in [2.75, 3.05) is 18.6 Å². The van der Waals surface area contributed by atoms with Gasteiger partial charge in [-0.25, -0.2) is 4.99 Å². The van der Waals surface area contributed by atoms with Gasteiger partial charge < -0.3 is 15.0 Å². The van der Waals surface area contributed by atoms with E-state index in [0.29, 0.717) is 17.1 Å². The number of nitrogens with zero attached hydrogens (tertiary/aromatic N) is 2. The number of aliphatic imine (C=N–C) groups is 1. The van der Waals surface area contributed by atoms with Crippen molar-refractivity contribution >= 4 is 29.1 Å². The Hall–Kier alpha value is -3.48. The molecule has 0 radical (unpaired) electrons. The molecule has 1 saturated heterocycles. The molecule has 7 nitrogen and oxygen atoms in total. The van der Waals surface area contributed by atoms with Crippen molar-refractivity contribution in [1.29, 1.82) is 0 Å². The molecule has 5 rings (SSSR count). The molecule has 31 heavy (non-hydrogen) atoms. The standard InChI is InChI=1S/C24H23N3O4/c1-31-17-5-2-4-16(12-17)27-13-14(10-22(27)28)23(29)25-15-8-9-19-18-6-3-7-20(18)24(30)26-21(19)11-15/h2,4-5,8-9,11-12,14,19H,3,6-7,10,13H2,1H3,(H,26,30).